The third-order valence-electron chi connectivity index (χ3n) is 2.74. The molecule has 0 aliphatic carbocycles. The zero-order valence-corrected chi connectivity index (χ0v) is 9.25. The van der Waals surface area contributed by atoms with Gasteiger partial charge in [0.2, 0.25) is 0 Å². The molecule has 1 atom stereocenters. The maximum absolute atomic E-state index is 5.35. The van der Waals surface area contributed by atoms with E-state index >= 15 is 0 Å². The van der Waals surface area contributed by atoms with Crippen molar-refractivity contribution >= 4 is 0 Å². The van der Waals surface area contributed by atoms with Crippen LogP contribution in [0.1, 0.15) is 37.1 Å². The normalized spacial score (nSPS) is 21.0. The van der Waals surface area contributed by atoms with Gasteiger partial charge in [0.1, 0.15) is 0 Å². The summed E-state index contributed by atoms with van der Waals surface area (Å²) in [5.74, 6) is 0.501. The minimum absolute atomic E-state index is 0.501. The molecule has 1 aromatic rings. The number of hydrogen-bond acceptors (Lipinski definition) is 3. The summed E-state index contributed by atoms with van der Waals surface area (Å²) in [4.78, 5) is 0. The highest BCUT2D eigenvalue weighted by Crippen LogP contribution is 2.23. The molecule has 0 bridgehead atoms. The average Bonchev–Trinajstić information content (AvgIpc) is 2.87. The van der Waals surface area contributed by atoms with Gasteiger partial charge >= 0.3 is 0 Å². The first-order chi connectivity index (χ1) is 7.40. The molecule has 1 aliphatic rings. The second-order valence-electron chi connectivity index (χ2n) is 4.06. The van der Waals surface area contributed by atoms with Crippen molar-refractivity contribution in [2.24, 2.45) is 0 Å². The molecule has 1 unspecified atom stereocenters. The predicted molar refractivity (Wildman–Crippen MR) is 58.8 cm³/mol. The van der Waals surface area contributed by atoms with Gasteiger partial charge in [0.25, 0.3) is 0 Å². The highest BCUT2D eigenvalue weighted by molar-refractivity contribution is 5.14. The Bertz CT molecular complexity index is 292. The molecule has 1 aromatic heterocycles. The molecule has 0 aromatic carbocycles. The monoisotopic (exact) mass is 209 g/mol. The maximum Gasteiger partial charge on any atom is 0.0680 e. The summed E-state index contributed by atoms with van der Waals surface area (Å²) in [5.41, 5.74) is 2.33. The molecule has 2 heterocycles. The number of hydrogen-bond donors (Lipinski definition) is 2. The van der Waals surface area contributed by atoms with Crippen LogP contribution in [0.25, 0.3) is 0 Å². The summed E-state index contributed by atoms with van der Waals surface area (Å²) in [7, 11) is 0. The number of aromatic nitrogens is 2. The van der Waals surface area contributed by atoms with Crippen LogP contribution in [0.15, 0.2) is 6.07 Å². The van der Waals surface area contributed by atoms with E-state index in [4.69, 9.17) is 4.74 Å². The summed E-state index contributed by atoms with van der Waals surface area (Å²) in [6.07, 6.45) is 2.27. The zero-order chi connectivity index (χ0) is 10.5. The molecule has 4 nitrogen and oxygen atoms in total. The van der Waals surface area contributed by atoms with Crippen molar-refractivity contribution in [3.63, 3.8) is 0 Å². The molecule has 0 radical (unpaired) electrons. The zero-order valence-electron chi connectivity index (χ0n) is 9.25. The highest BCUT2D eigenvalue weighted by Gasteiger charge is 2.20. The molecular weight excluding hydrogens is 190 g/mol. The Balaban J connectivity index is 1.86. The van der Waals surface area contributed by atoms with Crippen LogP contribution in [0.2, 0.25) is 0 Å². The quantitative estimate of drug-likeness (QED) is 0.721. The third-order valence-corrected chi connectivity index (χ3v) is 2.74. The van der Waals surface area contributed by atoms with Crippen LogP contribution in [0.4, 0.5) is 0 Å². The first kappa shape index (κ1) is 10.6. The number of nitrogens with one attached hydrogen (secondary N) is 2. The number of aromatic amines is 1. The largest absolute Gasteiger partial charge is 0.381 e. The Kier molecular flexibility index (Phi) is 3.75. The number of rotatable bonds is 5. The molecule has 2 N–H and O–H groups in total. The Hall–Kier alpha value is -0.870. The van der Waals surface area contributed by atoms with Crippen LogP contribution in [-0.2, 0) is 11.3 Å². The van der Waals surface area contributed by atoms with E-state index < -0.39 is 0 Å². The molecule has 2 rings (SSSR count). The van der Waals surface area contributed by atoms with Crippen LogP contribution in [0.3, 0.4) is 0 Å². The van der Waals surface area contributed by atoms with Gasteiger partial charge in [-0.1, -0.05) is 6.92 Å². The highest BCUT2D eigenvalue weighted by atomic mass is 16.5. The summed E-state index contributed by atoms with van der Waals surface area (Å²) in [6.45, 7) is 5.81. The number of H-pyrrole nitrogens is 1. The van der Waals surface area contributed by atoms with Crippen molar-refractivity contribution < 1.29 is 4.74 Å². The summed E-state index contributed by atoms with van der Waals surface area (Å²) in [6, 6.07) is 2.15. The van der Waals surface area contributed by atoms with E-state index in [0.29, 0.717) is 5.92 Å². The molecule has 1 fully saturated rings. The van der Waals surface area contributed by atoms with Crippen LogP contribution in [-0.4, -0.2) is 30.0 Å². The fraction of sp³-hybridized carbons (Fsp3) is 0.727. The predicted octanol–water partition coefficient (Wildman–Crippen LogP) is 1.41. The van der Waals surface area contributed by atoms with Gasteiger partial charge in [0.15, 0.2) is 0 Å². The van der Waals surface area contributed by atoms with Crippen molar-refractivity contribution in [1.29, 1.82) is 0 Å². The Morgan fingerprint density at radius 3 is 3.33 bits per heavy atom. The summed E-state index contributed by atoms with van der Waals surface area (Å²) < 4.78 is 5.35. The van der Waals surface area contributed by atoms with E-state index in [1.54, 1.807) is 0 Å². The van der Waals surface area contributed by atoms with Crippen LogP contribution >= 0.6 is 0 Å². The van der Waals surface area contributed by atoms with Crippen molar-refractivity contribution in [2.45, 2.75) is 32.2 Å². The fourth-order valence-electron chi connectivity index (χ4n) is 1.85. The van der Waals surface area contributed by atoms with Gasteiger partial charge in [-0.15, -0.1) is 0 Å². The lowest BCUT2D eigenvalue weighted by Gasteiger charge is -2.00. The molecule has 1 aliphatic heterocycles. The topological polar surface area (TPSA) is 49.9 Å². The lowest BCUT2D eigenvalue weighted by atomic mass is 10.1. The van der Waals surface area contributed by atoms with Crippen molar-refractivity contribution in [2.75, 3.05) is 19.8 Å². The van der Waals surface area contributed by atoms with Crippen LogP contribution < -0.4 is 5.32 Å². The smallest absolute Gasteiger partial charge is 0.0680 e. The maximum atomic E-state index is 5.35. The minimum Gasteiger partial charge on any atom is -0.381 e. The Labute approximate surface area is 90.4 Å². The lowest BCUT2D eigenvalue weighted by Crippen LogP contribution is -2.13. The molecule has 84 valence electrons. The van der Waals surface area contributed by atoms with Crippen molar-refractivity contribution in [3.8, 4) is 0 Å². The second-order valence-corrected chi connectivity index (χ2v) is 4.06. The number of nitrogens with zero attached hydrogens (tertiary/aromatic N) is 1. The number of ether oxygens (including phenoxy) is 1. The molecular formula is C11H19N3O. The average molecular weight is 209 g/mol. The van der Waals surface area contributed by atoms with Gasteiger partial charge < -0.3 is 10.1 Å². The molecule has 0 saturated carbocycles. The lowest BCUT2D eigenvalue weighted by molar-refractivity contribution is 0.193. The Morgan fingerprint density at radius 2 is 2.60 bits per heavy atom. The van der Waals surface area contributed by atoms with Gasteiger partial charge in [0, 0.05) is 24.8 Å². The summed E-state index contributed by atoms with van der Waals surface area (Å²) in [5, 5.41) is 10.8. The van der Waals surface area contributed by atoms with Crippen molar-refractivity contribution in [3.05, 3.63) is 17.5 Å². The summed E-state index contributed by atoms with van der Waals surface area (Å²) >= 11 is 0. The molecule has 4 heteroatoms. The minimum atomic E-state index is 0.501. The first-order valence-corrected chi connectivity index (χ1v) is 5.72. The van der Waals surface area contributed by atoms with Gasteiger partial charge in [-0.3, -0.25) is 5.10 Å². The SMILES string of the molecule is CCCNCc1cc(C2CCOC2)n[nH]1. The van der Waals surface area contributed by atoms with E-state index in [0.717, 1.165) is 44.8 Å². The van der Waals surface area contributed by atoms with Crippen LogP contribution in [0.5, 0.6) is 0 Å². The van der Waals surface area contributed by atoms with E-state index in [-0.39, 0.29) is 0 Å². The first-order valence-electron chi connectivity index (χ1n) is 5.72. The van der Waals surface area contributed by atoms with Gasteiger partial charge in [0.05, 0.1) is 12.3 Å². The second kappa shape index (κ2) is 5.28. The van der Waals surface area contributed by atoms with E-state index in [9.17, 15) is 0 Å². The van der Waals surface area contributed by atoms with Crippen LogP contribution in [0, 0.1) is 0 Å². The standard InChI is InChI=1S/C11H19N3O/c1-2-4-12-7-10-6-11(14-13-10)9-3-5-15-8-9/h6,9,12H,2-5,7-8H2,1H3,(H,13,14). The molecule has 15 heavy (non-hydrogen) atoms. The van der Waals surface area contributed by atoms with Gasteiger partial charge in [-0.2, -0.15) is 5.10 Å². The van der Waals surface area contributed by atoms with E-state index in [1.165, 1.54) is 5.69 Å². The molecule has 0 spiro atoms. The van der Waals surface area contributed by atoms with E-state index in [2.05, 4.69) is 28.5 Å². The molecule has 1 saturated heterocycles. The van der Waals surface area contributed by atoms with Gasteiger partial charge in [-0.25, -0.2) is 0 Å². The van der Waals surface area contributed by atoms with Gasteiger partial charge in [-0.05, 0) is 25.5 Å². The fourth-order valence-corrected chi connectivity index (χ4v) is 1.85. The molecule has 0 amide bonds. The van der Waals surface area contributed by atoms with E-state index in [1.807, 2.05) is 0 Å². The Morgan fingerprint density at radius 1 is 1.67 bits per heavy atom. The van der Waals surface area contributed by atoms with Crippen molar-refractivity contribution in [1.82, 2.24) is 15.5 Å². The third kappa shape index (κ3) is 2.79.